The maximum Gasteiger partial charge on any atom is 0.233 e. The normalized spacial score (nSPS) is 24.6. The van der Waals surface area contributed by atoms with Gasteiger partial charge in [-0.3, -0.25) is 4.79 Å². The number of carbonyl (C=O) groups is 1. The number of carbonyl (C=O) groups excluding carboxylic acids is 1. The molecule has 1 spiro atoms. The third-order valence-corrected chi connectivity index (χ3v) is 11.6. The minimum absolute atomic E-state index is 0.317. The Labute approximate surface area is 248 Å². The summed E-state index contributed by atoms with van der Waals surface area (Å²) in [4.78, 5) is 25.0. The number of nitrogens with zero attached hydrogens (tertiary/aromatic N) is 2. The molecule has 7 heteroatoms. The second-order valence-corrected chi connectivity index (χ2v) is 14.6. The van der Waals surface area contributed by atoms with Gasteiger partial charge in [-0.05, 0) is 95.5 Å². The Morgan fingerprint density at radius 3 is 2.27 bits per heavy atom. The van der Waals surface area contributed by atoms with E-state index < -0.39 is 5.41 Å². The molecule has 1 amide bonds. The molecular weight excluding hydrogens is 530 g/mol. The van der Waals surface area contributed by atoms with Crippen molar-refractivity contribution in [2.24, 2.45) is 0 Å². The summed E-state index contributed by atoms with van der Waals surface area (Å²) in [5, 5.41) is 1.29. The first-order valence-electron chi connectivity index (χ1n) is 15.8. The van der Waals surface area contributed by atoms with E-state index >= 15 is 0 Å². The van der Waals surface area contributed by atoms with Crippen molar-refractivity contribution in [2.75, 3.05) is 32.8 Å². The smallest absolute Gasteiger partial charge is 0.233 e. The van der Waals surface area contributed by atoms with Crippen LogP contribution in [-0.2, 0) is 26.1 Å². The van der Waals surface area contributed by atoms with Crippen LogP contribution in [0.1, 0.15) is 80.4 Å². The molecule has 41 heavy (non-hydrogen) atoms. The Morgan fingerprint density at radius 2 is 1.63 bits per heavy atom. The molecular formula is C34H45N3O3S. The van der Waals surface area contributed by atoms with Crippen molar-refractivity contribution in [3.8, 4) is 11.3 Å². The van der Waals surface area contributed by atoms with E-state index in [9.17, 15) is 4.79 Å². The van der Waals surface area contributed by atoms with Crippen LogP contribution >= 0.6 is 11.3 Å². The predicted octanol–water partition coefficient (Wildman–Crippen LogP) is 6.72. The summed E-state index contributed by atoms with van der Waals surface area (Å²) in [6.45, 7) is 13.3. The second-order valence-electron chi connectivity index (χ2n) is 13.6. The van der Waals surface area contributed by atoms with Crippen LogP contribution in [0.25, 0.3) is 21.5 Å². The third kappa shape index (κ3) is 4.97. The lowest BCUT2D eigenvalue weighted by atomic mass is 9.88. The molecule has 1 aromatic carbocycles. The van der Waals surface area contributed by atoms with Crippen LogP contribution in [0.5, 0.6) is 0 Å². The summed E-state index contributed by atoms with van der Waals surface area (Å²) in [6, 6.07) is 10.1. The number of aromatic nitrogens is 1. The molecule has 3 aromatic rings. The Morgan fingerprint density at radius 1 is 1.00 bits per heavy atom. The van der Waals surface area contributed by atoms with E-state index in [0.29, 0.717) is 18.0 Å². The summed E-state index contributed by atoms with van der Waals surface area (Å²) < 4.78 is 12.2. The van der Waals surface area contributed by atoms with Crippen LogP contribution in [0.4, 0.5) is 0 Å². The van der Waals surface area contributed by atoms with Gasteiger partial charge in [0.15, 0.2) is 5.79 Å². The van der Waals surface area contributed by atoms with Crippen molar-refractivity contribution in [1.29, 1.82) is 0 Å². The third-order valence-electron chi connectivity index (χ3n) is 10.3. The van der Waals surface area contributed by atoms with Crippen molar-refractivity contribution >= 4 is 27.5 Å². The van der Waals surface area contributed by atoms with E-state index in [1.165, 1.54) is 68.7 Å². The largest absolute Gasteiger partial charge is 0.350 e. The van der Waals surface area contributed by atoms with Gasteiger partial charge in [-0.2, -0.15) is 0 Å². The number of hydrogen-bond acceptors (Lipinski definition) is 5. The van der Waals surface area contributed by atoms with Crippen molar-refractivity contribution < 1.29 is 14.3 Å². The molecule has 0 saturated carbocycles. The molecule has 0 radical (unpaired) electrons. The monoisotopic (exact) mass is 575 g/mol. The Hall–Kier alpha value is -2.19. The molecule has 0 unspecified atom stereocenters. The van der Waals surface area contributed by atoms with Gasteiger partial charge in [-0.15, -0.1) is 11.3 Å². The van der Waals surface area contributed by atoms with Gasteiger partial charge in [0.2, 0.25) is 5.91 Å². The van der Waals surface area contributed by atoms with Crippen LogP contribution < -0.4 is 0 Å². The van der Waals surface area contributed by atoms with Gasteiger partial charge in [-0.25, -0.2) is 0 Å². The summed E-state index contributed by atoms with van der Waals surface area (Å²) in [5.74, 6) is -0.0351. The lowest BCUT2D eigenvalue weighted by Gasteiger charge is -2.43. The van der Waals surface area contributed by atoms with E-state index in [1.54, 1.807) is 11.3 Å². The van der Waals surface area contributed by atoms with Crippen molar-refractivity contribution in [2.45, 2.75) is 102 Å². The molecule has 6 heterocycles. The van der Waals surface area contributed by atoms with Crippen LogP contribution in [0.3, 0.4) is 0 Å². The Balaban J connectivity index is 1.17. The van der Waals surface area contributed by atoms with Gasteiger partial charge in [-0.1, -0.05) is 17.2 Å². The molecule has 4 aliphatic rings. The van der Waals surface area contributed by atoms with Gasteiger partial charge >= 0.3 is 0 Å². The fourth-order valence-electron chi connectivity index (χ4n) is 7.93. The number of thiophene rings is 1. The van der Waals surface area contributed by atoms with Gasteiger partial charge < -0.3 is 24.3 Å². The molecule has 0 aliphatic carbocycles. The average Bonchev–Trinajstić information content (AvgIpc) is 3.73. The second kappa shape index (κ2) is 10.5. The van der Waals surface area contributed by atoms with E-state index in [2.05, 4.69) is 66.7 Å². The fraction of sp³-hybridized carbons (Fsp3) is 0.618. The lowest BCUT2D eigenvalue weighted by Crippen LogP contribution is -2.50. The highest BCUT2D eigenvalue weighted by Gasteiger charge is 2.47. The number of aromatic amines is 1. The number of fused-ring (bicyclic) bond motifs is 3. The van der Waals surface area contributed by atoms with Gasteiger partial charge in [0.25, 0.3) is 0 Å². The average molecular weight is 576 g/mol. The molecule has 7 rings (SSSR count). The zero-order valence-corrected chi connectivity index (χ0v) is 26.0. The van der Waals surface area contributed by atoms with Crippen molar-refractivity contribution in [3.05, 3.63) is 45.8 Å². The highest BCUT2D eigenvalue weighted by molar-refractivity contribution is 7.19. The number of benzene rings is 1. The SMILES string of the molecule is Cc1cc(C)cc(-c2[nH]c3sc(C(C)(C)C(=O)N4C5CCC4CC5)cc3c2CCN2CCC3(CC2)OCCCO3)c1. The van der Waals surface area contributed by atoms with Crippen molar-refractivity contribution in [1.82, 2.24) is 14.8 Å². The van der Waals surface area contributed by atoms with Crippen LogP contribution in [0.15, 0.2) is 24.3 Å². The lowest BCUT2D eigenvalue weighted by molar-refractivity contribution is -0.283. The molecule has 220 valence electrons. The fourth-order valence-corrected chi connectivity index (χ4v) is 9.11. The van der Waals surface area contributed by atoms with E-state index in [4.69, 9.17) is 9.47 Å². The van der Waals surface area contributed by atoms with E-state index in [1.807, 2.05) is 0 Å². The topological polar surface area (TPSA) is 57.8 Å². The molecule has 6 nitrogen and oxygen atoms in total. The highest BCUT2D eigenvalue weighted by Crippen LogP contribution is 2.45. The number of rotatable bonds is 6. The number of ether oxygens (including phenoxy) is 2. The summed E-state index contributed by atoms with van der Waals surface area (Å²) >= 11 is 1.78. The van der Waals surface area contributed by atoms with Crippen LogP contribution in [0.2, 0.25) is 0 Å². The quantitative estimate of drug-likeness (QED) is 0.355. The van der Waals surface area contributed by atoms with Crippen LogP contribution in [-0.4, -0.2) is 71.4 Å². The number of H-pyrrole nitrogens is 1. The maximum absolute atomic E-state index is 13.9. The molecule has 4 aliphatic heterocycles. The maximum atomic E-state index is 13.9. The molecule has 4 fully saturated rings. The summed E-state index contributed by atoms with van der Waals surface area (Å²) in [6.07, 6.45) is 8.56. The minimum atomic E-state index is -0.520. The molecule has 2 bridgehead atoms. The number of piperidine rings is 1. The first kappa shape index (κ1) is 27.6. The first-order chi connectivity index (χ1) is 19.7. The minimum Gasteiger partial charge on any atom is -0.350 e. The standard InChI is InChI=1S/C34H45N3O3S/c1-22-18-23(2)20-24(19-22)30-27(10-13-36-14-11-34(12-15-36)39-16-5-17-40-34)28-21-29(41-31(28)35-30)33(3,4)32(38)37-25-6-7-26(37)9-8-25/h18-21,25-26,35H,5-17H2,1-4H3. The van der Waals surface area contributed by atoms with E-state index in [0.717, 1.165) is 58.5 Å². The zero-order chi connectivity index (χ0) is 28.4. The number of aryl methyl sites for hydroxylation is 2. The molecule has 4 saturated heterocycles. The summed E-state index contributed by atoms with van der Waals surface area (Å²) in [5.41, 5.74) is 5.92. The van der Waals surface area contributed by atoms with E-state index in [-0.39, 0.29) is 5.79 Å². The molecule has 2 aromatic heterocycles. The van der Waals surface area contributed by atoms with Gasteiger partial charge in [0.1, 0.15) is 4.83 Å². The molecule has 1 N–H and O–H groups in total. The predicted molar refractivity (Wildman–Crippen MR) is 166 cm³/mol. The van der Waals surface area contributed by atoms with Gasteiger partial charge in [0.05, 0.1) is 24.3 Å². The zero-order valence-electron chi connectivity index (χ0n) is 25.2. The van der Waals surface area contributed by atoms with Crippen molar-refractivity contribution in [3.63, 3.8) is 0 Å². The Kier molecular flexibility index (Phi) is 7.08. The highest BCUT2D eigenvalue weighted by atomic mass is 32.1. The molecule has 0 atom stereocenters. The number of amides is 1. The first-order valence-corrected chi connectivity index (χ1v) is 16.6. The summed E-state index contributed by atoms with van der Waals surface area (Å²) in [7, 11) is 0. The number of likely N-dealkylation sites (tertiary alicyclic amines) is 1. The number of nitrogens with one attached hydrogen (secondary N) is 1. The van der Waals surface area contributed by atoms with Crippen LogP contribution in [0, 0.1) is 13.8 Å². The number of hydrogen-bond donors (Lipinski definition) is 1. The van der Waals surface area contributed by atoms with Gasteiger partial charge in [0, 0.05) is 54.8 Å². The Bertz CT molecular complexity index is 1400.